The number of ether oxygens (including phenoxy) is 1. The van der Waals surface area contributed by atoms with Crippen molar-refractivity contribution >= 4 is 12.3 Å². The van der Waals surface area contributed by atoms with E-state index in [0.717, 1.165) is 6.42 Å². The Balaban J connectivity index is 3.11. The molecule has 1 aromatic rings. The molecular formula is C13H15O3. The van der Waals surface area contributed by atoms with Gasteiger partial charge in [-0.05, 0) is 6.42 Å². The molecule has 0 heterocycles. The predicted octanol–water partition coefficient (Wildman–Crippen LogP) is 2.35. The van der Waals surface area contributed by atoms with Gasteiger partial charge in [-0.1, -0.05) is 43.7 Å². The van der Waals surface area contributed by atoms with Gasteiger partial charge in [-0.15, -0.1) is 0 Å². The van der Waals surface area contributed by atoms with Crippen LogP contribution >= 0.6 is 0 Å². The molecular weight excluding hydrogens is 204 g/mol. The van der Waals surface area contributed by atoms with Crippen LogP contribution in [-0.2, 0) is 19.9 Å². The van der Waals surface area contributed by atoms with Crippen LogP contribution in [0.3, 0.4) is 0 Å². The largest absolute Gasteiger partial charge is 0.446 e. The molecule has 1 aromatic carbocycles. The van der Waals surface area contributed by atoms with Crippen LogP contribution in [0.25, 0.3) is 0 Å². The zero-order valence-corrected chi connectivity index (χ0v) is 9.53. The quantitative estimate of drug-likeness (QED) is 0.714. The van der Waals surface area contributed by atoms with Gasteiger partial charge in [0.25, 0.3) is 6.29 Å². The molecule has 1 unspecified atom stereocenters. The molecule has 0 spiro atoms. The SMILES string of the molecule is CCCC([C]=O)(OC(C)=O)c1ccccc1. The lowest BCUT2D eigenvalue weighted by Crippen LogP contribution is -2.33. The van der Waals surface area contributed by atoms with Gasteiger partial charge in [0.05, 0.1) is 0 Å². The highest BCUT2D eigenvalue weighted by molar-refractivity contribution is 5.74. The fourth-order valence-electron chi connectivity index (χ4n) is 1.69. The van der Waals surface area contributed by atoms with E-state index < -0.39 is 11.6 Å². The molecule has 0 fully saturated rings. The van der Waals surface area contributed by atoms with E-state index in [1.807, 2.05) is 19.3 Å². The molecule has 0 amide bonds. The van der Waals surface area contributed by atoms with E-state index >= 15 is 0 Å². The highest BCUT2D eigenvalue weighted by Crippen LogP contribution is 2.28. The van der Waals surface area contributed by atoms with Gasteiger partial charge in [0, 0.05) is 12.5 Å². The Bertz CT molecular complexity index is 359. The second kappa shape index (κ2) is 5.45. The smallest absolute Gasteiger partial charge is 0.303 e. The van der Waals surface area contributed by atoms with Crippen molar-refractivity contribution in [3.8, 4) is 0 Å². The van der Waals surface area contributed by atoms with Gasteiger partial charge in [-0.2, -0.15) is 0 Å². The van der Waals surface area contributed by atoms with Crippen LogP contribution < -0.4 is 0 Å². The summed E-state index contributed by atoms with van der Waals surface area (Å²) in [6, 6.07) is 8.99. The number of benzene rings is 1. The van der Waals surface area contributed by atoms with E-state index in [-0.39, 0.29) is 0 Å². The highest BCUT2D eigenvalue weighted by atomic mass is 16.6. The van der Waals surface area contributed by atoms with Gasteiger partial charge in [0.2, 0.25) is 5.60 Å². The molecule has 16 heavy (non-hydrogen) atoms. The van der Waals surface area contributed by atoms with Crippen LogP contribution in [0.15, 0.2) is 30.3 Å². The van der Waals surface area contributed by atoms with E-state index in [1.54, 1.807) is 24.3 Å². The summed E-state index contributed by atoms with van der Waals surface area (Å²) >= 11 is 0. The molecule has 3 nitrogen and oxygen atoms in total. The second-order valence-electron chi connectivity index (χ2n) is 3.64. The first-order chi connectivity index (χ1) is 7.64. The summed E-state index contributed by atoms with van der Waals surface area (Å²) < 4.78 is 5.15. The summed E-state index contributed by atoms with van der Waals surface area (Å²) in [5.41, 5.74) is -0.580. The second-order valence-corrected chi connectivity index (χ2v) is 3.64. The molecule has 1 atom stereocenters. The summed E-state index contributed by atoms with van der Waals surface area (Å²) in [4.78, 5) is 22.2. The van der Waals surface area contributed by atoms with E-state index in [1.165, 1.54) is 6.92 Å². The Kier molecular flexibility index (Phi) is 4.23. The lowest BCUT2D eigenvalue weighted by molar-refractivity contribution is -0.152. The third-order valence-electron chi connectivity index (χ3n) is 2.32. The van der Waals surface area contributed by atoms with Crippen molar-refractivity contribution in [1.29, 1.82) is 0 Å². The van der Waals surface area contributed by atoms with Gasteiger partial charge in [0.1, 0.15) is 0 Å². The molecule has 3 heteroatoms. The first-order valence-electron chi connectivity index (χ1n) is 5.29. The fraction of sp³-hybridized carbons (Fsp3) is 0.385. The monoisotopic (exact) mass is 219 g/mol. The number of carbonyl (C=O) groups is 1. The summed E-state index contributed by atoms with van der Waals surface area (Å²) in [6.07, 6.45) is 3.05. The molecule has 0 saturated heterocycles. The minimum Gasteiger partial charge on any atom is -0.446 e. The molecule has 0 aliphatic heterocycles. The van der Waals surface area contributed by atoms with Crippen LogP contribution in [0, 0.1) is 0 Å². The Labute approximate surface area is 95.4 Å². The van der Waals surface area contributed by atoms with Gasteiger partial charge < -0.3 is 4.74 Å². The van der Waals surface area contributed by atoms with Gasteiger partial charge in [0.15, 0.2) is 0 Å². The fourth-order valence-corrected chi connectivity index (χ4v) is 1.69. The van der Waals surface area contributed by atoms with Crippen molar-refractivity contribution in [2.24, 2.45) is 0 Å². The third-order valence-corrected chi connectivity index (χ3v) is 2.32. The standard InChI is InChI=1S/C13H15O3/c1-3-9-13(10-14,16-11(2)15)12-7-5-4-6-8-12/h4-8H,3,9H2,1-2H3. The highest BCUT2D eigenvalue weighted by Gasteiger charge is 2.35. The molecule has 0 aliphatic carbocycles. The number of hydrogen-bond acceptors (Lipinski definition) is 3. The van der Waals surface area contributed by atoms with Crippen molar-refractivity contribution in [3.05, 3.63) is 35.9 Å². The number of rotatable bonds is 5. The van der Waals surface area contributed by atoms with Crippen molar-refractivity contribution in [2.75, 3.05) is 0 Å². The Morgan fingerprint density at radius 1 is 1.38 bits per heavy atom. The Hall–Kier alpha value is -1.64. The zero-order valence-electron chi connectivity index (χ0n) is 9.53. The van der Waals surface area contributed by atoms with E-state index in [9.17, 15) is 9.59 Å². The van der Waals surface area contributed by atoms with Gasteiger partial charge in [-0.3, -0.25) is 9.59 Å². The lowest BCUT2D eigenvalue weighted by Gasteiger charge is -2.26. The number of hydrogen-bond donors (Lipinski definition) is 0. The van der Waals surface area contributed by atoms with Crippen LogP contribution in [-0.4, -0.2) is 12.3 Å². The average Bonchev–Trinajstić information content (AvgIpc) is 2.29. The van der Waals surface area contributed by atoms with Crippen LogP contribution in [0.4, 0.5) is 0 Å². The molecule has 0 saturated carbocycles. The molecule has 0 N–H and O–H groups in total. The van der Waals surface area contributed by atoms with Crippen molar-refractivity contribution in [1.82, 2.24) is 0 Å². The maximum atomic E-state index is 11.2. The van der Waals surface area contributed by atoms with E-state index in [0.29, 0.717) is 12.0 Å². The predicted molar refractivity (Wildman–Crippen MR) is 60.5 cm³/mol. The van der Waals surface area contributed by atoms with Crippen LogP contribution in [0.2, 0.25) is 0 Å². The maximum absolute atomic E-state index is 11.2. The van der Waals surface area contributed by atoms with Crippen molar-refractivity contribution < 1.29 is 14.3 Å². The van der Waals surface area contributed by atoms with Crippen molar-refractivity contribution in [2.45, 2.75) is 32.3 Å². The van der Waals surface area contributed by atoms with Gasteiger partial charge in [-0.25, -0.2) is 0 Å². The van der Waals surface area contributed by atoms with Crippen LogP contribution in [0.5, 0.6) is 0 Å². The average molecular weight is 219 g/mol. The van der Waals surface area contributed by atoms with E-state index in [2.05, 4.69) is 0 Å². The first-order valence-corrected chi connectivity index (χ1v) is 5.29. The zero-order chi connectivity index (χ0) is 12.0. The molecule has 0 aromatic heterocycles. The van der Waals surface area contributed by atoms with Crippen LogP contribution in [0.1, 0.15) is 32.3 Å². The number of esters is 1. The first kappa shape index (κ1) is 12.4. The summed E-state index contributed by atoms with van der Waals surface area (Å²) in [7, 11) is 0. The molecule has 85 valence electrons. The molecule has 0 bridgehead atoms. The molecule has 0 aliphatic rings. The Morgan fingerprint density at radius 2 is 2.00 bits per heavy atom. The molecule has 1 radical (unpaired) electrons. The maximum Gasteiger partial charge on any atom is 0.303 e. The van der Waals surface area contributed by atoms with Crippen molar-refractivity contribution in [3.63, 3.8) is 0 Å². The third kappa shape index (κ3) is 2.69. The summed E-state index contributed by atoms with van der Waals surface area (Å²) in [5.74, 6) is -0.472. The molecule has 1 rings (SSSR count). The number of carbonyl (C=O) groups excluding carboxylic acids is 2. The minimum atomic E-state index is -1.25. The lowest BCUT2D eigenvalue weighted by atomic mass is 9.90. The Morgan fingerprint density at radius 3 is 2.44 bits per heavy atom. The topological polar surface area (TPSA) is 43.4 Å². The summed E-state index contributed by atoms with van der Waals surface area (Å²) in [5, 5.41) is 0. The van der Waals surface area contributed by atoms with Gasteiger partial charge >= 0.3 is 5.97 Å². The normalized spacial score (nSPS) is 13.9. The van der Waals surface area contributed by atoms with E-state index in [4.69, 9.17) is 4.74 Å². The minimum absolute atomic E-state index is 0.445. The summed E-state index contributed by atoms with van der Waals surface area (Å²) in [6.45, 7) is 3.23.